The SMILES string of the molecule is CCn1nc(-c2ccc3ccccc3c2)c(C(N)=O)c1N.COc1ccc2cc(-c3n[nH]cc3C(=O)NN)ccc2c1. The Morgan fingerprint density at radius 1 is 0.905 bits per heavy atom. The number of hydrogen-bond acceptors (Lipinski definition) is 7. The van der Waals surface area contributed by atoms with Crippen LogP contribution in [0.3, 0.4) is 0 Å². The number of H-pyrrole nitrogens is 1. The second kappa shape index (κ2) is 11.8. The van der Waals surface area contributed by atoms with Crippen LogP contribution in [-0.4, -0.2) is 38.9 Å². The Labute approximate surface area is 241 Å². The largest absolute Gasteiger partial charge is 0.497 e. The van der Waals surface area contributed by atoms with Crippen molar-refractivity contribution in [2.75, 3.05) is 12.8 Å². The number of nitrogens with one attached hydrogen (secondary N) is 2. The van der Waals surface area contributed by atoms with Gasteiger partial charge in [-0.3, -0.25) is 20.1 Å². The molecule has 42 heavy (non-hydrogen) atoms. The summed E-state index contributed by atoms with van der Waals surface area (Å²) in [6.45, 7) is 2.50. The summed E-state index contributed by atoms with van der Waals surface area (Å²) in [6, 6.07) is 25.6. The maximum atomic E-state index is 11.7. The molecule has 6 aromatic rings. The lowest BCUT2D eigenvalue weighted by atomic mass is 10.0. The van der Waals surface area contributed by atoms with Gasteiger partial charge in [0.2, 0.25) is 0 Å². The predicted molar refractivity (Wildman–Crippen MR) is 164 cm³/mol. The average molecular weight is 563 g/mol. The molecule has 0 aliphatic carbocycles. The van der Waals surface area contributed by atoms with Gasteiger partial charge in [-0.05, 0) is 52.7 Å². The van der Waals surface area contributed by atoms with Crippen LogP contribution in [0.25, 0.3) is 44.1 Å². The number of anilines is 1. The maximum absolute atomic E-state index is 11.7. The molecule has 0 radical (unpaired) electrons. The predicted octanol–water partition coefficient (Wildman–Crippen LogP) is 4.25. The van der Waals surface area contributed by atoms with E-state index in [1.807, 2.05) is 85.8 Å². The molecule has 0 spiro atoms. The van der Waals surface area contributed by atoms with Crippen molar-refractivity contribution in [1.82, 2.24) is 25.4 Å². The van der Waals surface area contributed by atoms with Crippen LogP contribution in [-0.2, 0) is 6.54 Å². The number of nitrogens with zero attached hydrogens (tertiary/aromatic N) is 3. The molecule has 2 aromatic heterocycles. The minimum absolute atomic E-state index is 0.284. The van der Waals surface area contributed by atoms with Crippen molar-refractivity contribution in [3.63, 3.8) is 0 Å². The number of nitrogen functional groups attached to an aromatic ring is 2. The smallest absolute Gasteiger partial charge is 0.269 e. The summed E-state index contributed by atoms with van der Waals surface area (Å²) < 4.78 is 6.79. The molecular formula is C31H30N8O3. The Bertz CT molecular complexity index is 1920. The number of rotatable bonds is 6. The number of aromatic nitrogens is 4. The average Bonchev–Trinajstić information content (AvgIpc) is 3.65. The molecule has 0 saturated carbocycles. The van der Waals surface area contributed by atoms with E-state index in [9.17, 15) is 9.59 Å². The van der Waals surface area contributed by atoms with Crippen molar-refractivity contribution in [3.8, 4) is 28.3 Å². The third kappa shape index (κ3) is 5.36. The van der Waals surface area contributed by atoms with Crippen LogP contribution in [0.15, 0.2) is 85.1 Å². The number of carbonyl (C=O) groups is 2. The molecule has 0 saturated heterocycles. The Kier molecular flexibility index (Phi) is 7.85. The molecular weight excluding hydrogens is 532 g/mol. The zero-order valence-corrected chi connectivity index (χ0v) is 23.1. The molecule has 212 valence electrons. The van der Waals surface area contributed by atoms with E-state index in [-0.39, 0.29) is 11.5 Å². The number of hydrogen-bond donors (Lipinski definition) is 5. The first-order chi connectivity index (χ1) is 20.3. The number of aromatic amines is 1. The summed E-state index contributed by atoms with van der Waals surface area (Å²) in [5, 5.41) is 15.5. The van der Waals surface area contributed by atoms with Crippen LogP contribution < -0.4 is 27.5 Å². The number of hydrazine groups is 1. The van der Waals surface area contributed by atoms with E-state index in [2.05, 4.69) is 20.7 Å². The van der Waals surface area contributed by atoms with Crippen molar-refractivity contribution >= 4 is 39.2 Å². The van der Waals surface area contributed by atoms with Crippen LogP contribution in [0.5, 0.6) is 5.75 Å². The van der Waals surface area contributed by atoms with Crippen LogP contribution in [0, 0.1) is 0 Å². The van der Waals surface area contributed by atoms with Gasteiger partial charge >= 0.3 is 0 Å². The zero-order valence-electron chi connectivity index (χ0n) is 23.1. The first-order valence-corrected chi connectivity index (χ1v) is 13.1. The third-order valence-electron chi connectivity index (χ3n) is 6.90. The number of ether oxygens (including phenoxy) is 1. The van der Waals surface area contributed by atoms with Crippen LogP contribution in [0.1, 0.15) is 27.6 Å². The van der Waals surface area contributed by atoms with Gasteiger partial charge in [0.15, 0.2) is 0 Å². The summed E-state index contributed by atoms with van der Waals surface area (Å²) >= 11 is 0. The number of fused-ring (bicyclic) bond motifs is 2. The number of benzene rings is 4. The van der Waals surface area contributed by atoms with Crippen molar-refractivity contribution in [3.05, 3.63) is 96.2 Å². The Morgan fingerprint density at radius 2 is 1.52 bits per heavy atom. The van der Waals surface area contributed by atoms with E-state index in [1.54, 1.807) is 11.8 Å². The third-order valence-corrected chi connectivity index (χ3v) is 6.90. The second-order valence-electron chi connectivity index (χ2n) is 9.40. The number of carbonyl (C=O) groups excluding carboxylic acids is 2. The lowest BCUT2D eigenvalue weighted by Crippen LogP contribution is -2.30. The van der Waals surface area contributed by atoms with E-state index >= 15 is 0 Å². The number of methoxy groups -OCH3 is 1. The molecule has 2 heterocycles. The van der Waals surface area contributed by atoms with Gasteiger partial charge in [0.25, 0.3) is 11.8 Å². The quantitative estimate of drug-likeness (QED) is 0.114. The molecule has 0 atom stereocenters. The molecule has 0 aliphatic heterocycles. The van der Waals surface area contributed by atoms with Gasteiger partial charge in [-0.25, -0.2) is 10.5 Å². The molecule has 8 N–H and O–H groups in total. The van der Waals surface area contributed by atoms with Gasteiger partial charge in [0, 0.05) is 23.9 Å². The second-order valence-corrected chi connectivity index (χ2v) is 9.40. The van der Waals surface area contributed by atoms with Crippen molar-refractivity contribution in [2.45, 2.75) is 13.5 Å². The standard InChI is InChI=1S/C16H16N4O.C15H14N4O2/c1-2-20-15(17)13(16(18)21)14(19-20)12-8-7-10-5-3-4-6-11(10)9-12;1-21-12-5-4-9-6-11(3-2-10(9)7-12)14-13(8-17-19-14)15(20)18-16/h3-9H,2,17H2,1H3,(H2,18,21);2-8H,16H2,1H3,(H,17,19)(H,18,20). The van der Waals surface area contributed by atoms with Crippen LogP contribution in [0.2, 0.25) is 0 Å². The van der Waals surface area contributed by atoms with Crippen molar-refractivity contribution in [2.24, 2.45) is 11.6 Å². The summed E-state index contributed by atoms with van der Waals surface area (Å²) in [5.74, 6) is 5.35. The molecule has 0 fully saturated rings. The highest BCUT2D eigenvalue weighted by molar-refractivity contribution is 6.04. The molecule has 2 amide bonds. The van der Waals surface area contributed by atoms with E-state index in [0.29, 0.717) is 29.3 Å². The minimum atomic E-state index is -0.560. The Morgan fingerprint density at radius 3 is 2.19 bits per heavy atom. The molecule has 4 aromatic carbocycles. The molecule has 11 nitrogen and oxygen atoms in total. The molecule has 11 heteroatoms. The van der Waals surface area contributed by atoms with E-state index in [1.165, 1.54) is 6.20 Å². The van der Waals surface area contributed by atoms with E-state index < -0.39 is 5.91 Å². The number of nitrogens with two attached hydrogens (primary N) is 3. The molecule has 6 rings (SSSR count). The highest BCUT2D eigenvalue weighted by Crippen LogP contribution is 2.30. The Balaban J connectivity index is 0.000000168. The number of primary amides is 1. The van der Waals surface area contributed by atoms with Crippen LogP contribution in [0.4, 0.5) is 5.82 Å². The van der Waals surface area contributed by atoms with Gasteiger partial charge in [-0.1, -0.05) is 54.6 Å². The minimum Gasteiger partial charge on any atom is -0.497 e. The zero-order chi connectivity index (χ0) is 29.8. The van der Waals surface area contributed by atoms with Gasteiger partial charge in [-0.2, -0.15) is 10.2 Å². The fourth-order valence-electron chi connectivity index (χ4n) is 4.76. The van der Waals surface area contributed by atoms with Gasteiger partial charge in [0.1, 0.15) is 28.5 Å². The summed E-state index contributed by atoms with van der Waals surface area (Å²) in [4.78, 5) is 23.4. The topological polar surface area (TPSA) is 180 Å². The maximum Gasteiger partial charge on any atom is 0.269 e. The molecule has 0 aliphatic rings. The lowest BCUT2D eigenvalue weighted by Gasteiger charge is -2.05. The lowest BCUT2D eigenvalue weighted by molar-refractivity contribution is 0.0953. The first-order valence-electron chi connectivity index (χ1n) is 13.1. The van der Waals surface area contributed by atoms with Crippen molar-refractivity contribution in [1.29, 1.82) is 0 Å². The summed E-state index contributed by atoms with van der Waals surface area (Å²) in [7, 11) is 1.64. The molecule has 0 bridgehead atoms. The van der Waals surface area contributed by atoms with Crippen molar-refractivity contribution < 1.29 is 14.3 Å². The van der Waals surface area contributed by atoms with E-state index in [4.69, 9.17) is 22.0 Å². The van der Waals surface area contributed by atoms with E-state index in [0.717, 1.165) is 38.4 Å². The van der Waals surface area contributed by atoms with Crippen LogP contribution >= 0.6 is 0 Å². The highest BCUT2D eigenvalue weighted by Gasteiger charge is 2.21. The highest BCUT2D eigenvalue weighted by atomic mass is 16.5. The molecule has 0 unspecified atom stereocenters. The fourth-order valence-corrected chi connectivity index (χ4v) is 4.76. The number of amides is 2. The Hall–Kier alpha value is -5.68. The van der Waals surface area contributed by atoms with Gasteiger partial charge in [-0.15, -0.1) is 0 Å². The van der Waals surface area contributed by atoms with Gasteiger partial charge < -0.3 is 16.2 Å². The number of aryl methyl sites for hydroxylation is 1. The fraction of sp³-hybridized carbons (Fsp3) is 0.0968. The first kappa shape index (κ1) is 27.9. The monoisotopic (exact) mass is 562 g/mol. The summed E-state index contributed by atoms with van der Waals surface area (Å²) in [5.41, 5.74) is 17.0. The van der Waals surface area contributed by atoms with Gasteiger partial charge in [0.05, 0.1) is 12.7 Å². The summed E-state index contributed by atoms with van der Waals surface area (Å²) in [6.07, 6.45) is 1.52. The normalized spacial score (nSPS) is 10.7.